The molecule has 0 unspecified atom stereocenters. The Morgan fingerprint density at radius 3 is 2.22 bits per heavy atom. The van der Waals surface area contributed by atoms with Crippen LogP contribution in [-0.4, -0.2) is 49.5 Å². The van der Waals surface area contributed by atoms with Gasteiger partial charge >= 0.3 is 0 Å². The van der Waals surface area contributed by atoms with Crippen molar-refractivity contribution in [3.8, 4) is 5.75 Å². The molecule has 1 aromatic rings. The second kappa shape index (κ2) is 7.55. The predicted molar refractivity (Wildman–Crippen MR) is 83.6 cm³/mol. The minimum absolute atomic E-state index is 0.101. The SMILES string of the molecule is COCCOc1cc(F)c(C2(O)CCN(C(C)C)CC2)c(F)c1. The first kappa shape index (κ1) is 18.1. The van der Waals surface area contributed by atoms with Gasteiger partial charge in [0.25, 0.3) is 0 Å². The van der Waals surface area contributed by atoms with Crippen LogP contribution in [0.25, 0.3) is 0 Å². The standard InChI is InChI=1S/C17H25F2NO3/c1-12(2)20-6-4-17(21,5-7-20)16-14(18)10-13(11-15(16)19)23-9-8-22-3/h10-12,21H,4-9H2,1-3H3. The summed E-state index contributed by atoms with van der Waals surface area (Å²) in [5.41, 5.74) is -1.72. The van der Waals surface area contributed by atoms with Gasteiger partial charge in [-0.15, -0.1) is 0 Å². The number of ether oxygens (including phenoxy) is 2. The van der Waals surface area contributed by atoms with E-state index in [2.05, 4.69) is 18.7 Å². The van der Waals surface area contributed by atoms with Crippen LogP contribution in [0.4, 0.5) is 8.78 Å². The lowest BCUT2D eigenvalue weighted by molar-refractivity contribution is -0.0374. The van der Waals surface area contributed by atoms with Gasteiger partial charge in [-0.05, 0) is 26.7 Å². The number of piperidine rings is 1. The summed E-state index contributed by atoms with van der Waals surface area (Å²) < 4.78 is 38.8. The summed E-state index contributed by atoms with van der Waals surface area (Å²) in [6.45, 7) is 5.90. The summed E-state index contributed by atoms with van der Waals surface area (Å²) in [7, 11) is 1.52. The monoisotopic (exact) mass is 329 g/mol. The molecule has 0 amide bonds. The highest BCUT2D eigenvalue weighted by Gasteiger charge is 2.39. The van der Waals surface area contributed by atoms with Gasteiger partial charge in [-0.25, -0.2) is 8.78 Å². The Balaban J connectivity index is 2.16. The van der Waals surface area contributed by atoms with E-state index in [-0.39, 0.29) is 17.9 Å². The Labute approximate surface area is 136 Å². The molecule has 1 fully saturated rings. The first-order valence-corrected chi connectivity index (χ1v) is 7.95. The minimum Gasteiger partial charge on any atom is -0.491 e. The van der Waals surface area contributed by atoms with Crippen LogP contribution in [0.15, 0.2) is 12.1 Å². The zero-order valence-electron chi connectivity index (χ0n) is 13.9. The van der Waals surface area contributed by atoms with Crippen LogP contribution in [0.3, 0.4) is 0 Å². The van der Waals surface area contributed by atoms with E-state index >= 15 is 0 Å². The van der Waals surface area contributed by atoms with Gasteiger partial charge in [0.05, 0.1) is 17.8 Å². The van der Waals surface area contributed by atoms with Gasteiger partial charge in [0, 0.05) is 38.4 Å². The van der Waals surface area contributed by atoms with Crippen molar-refractivity contribution in [1.29, 1.82) is 0 Å². The third-order valence-corrected chi connectivity index (χ3v) is 4.39. The van der Waals surface area contributed by atoms with Gasteiger partial charge < -0.3 is 19.5 Å². The lowest BCUT2D eigenvalue weighted by atomic mass is 9.83. The fourth-order valence-electron chi connectivity index (χ4n) is 2.98. The molecular formula is C17H25F2NO3. The molecule has 0 saturated carbocycles. The van der Waals surface area contributed by atoms with Gasteiger partial charge in [-0.2, -0.15) is 0 Å². The largest absolute Gasteiger partial charge is 0.491 e. The second-order valence-corrected chi connectivity index (χ2v) is 6.26. The van der Waals surface area contributed by atoms with E-state index in [0.29, 0.717) is 38.6 Å². The van der Waals surface area contributed by atoms with E-state index in [4.69, 9.17) is 9.47 Å². The summed E-state index contributed by atoms with van der Waals surface area (Å²) >= 11 is 0. The molecule has 1 N–H and O–H groups in total. The first-order valence-electron chi connectivity index (χ1n) is 7.95. The number of aliphatic hydroxyl groups is 1. The molecule has 1 saturated heterocycles. The molecule has 23 heavy (non-hydrogen) atoms. The van der Waals surface area contributed by atoms with Crippen LogP contribution in [-0.2, 0) is 10.3 Å². The van der Waals surface area contributed by atoms with E-state index in [1.165, 1.54) is 7.11 Å². The van der Waals surface area contributed by atoms with Crippen molar-refractivity contribution >= 4 is 0 Å². The summed E-state index contributed by atoms with van der Waals surface area (Å²) in [4.78, 5) is 2.19. The molecule has 1 heterocycles. The first-order chi connectivity index (χ1) is 10.9. The van der Waals surface area contributed by atoms with Crippen LogP contribution >= 0.6 is 0 Å². The van der Waals surface area contributed by atoms with E-state index in [0.717, 1.165) is 12.1 Å². The zero-order chi connectivity index (χ0) is 17.0. The molecule has 0 atom stereocenters. The van der Waals surface area contributed by atoms with Crippen LogP contribution in [0.5, 0.6) is 5.75 Å². The molecule has 0 spiro atoms. The Morgan fingerprint density at radius 2 is 1.74 bits per heavy atom. The number of benzene rings is 1. The normalized spacial score (nSPS) is 18.4. The highest BCUT2D eigenvalue weighted by molar-refractivity contribution is 5.34. The van der Waals surface area contributed by atoms with Crippen molar-refractivity contribution in [2.24, 2.45) is 0 Å². The fourth-order valence-corrected chi connectivity index (χ4v) is 2.98. The molecule has 0 bridgehead atoms. The summed E-state index contributed by atoms with van der Waals surface area (Å²) in [6, 6.07) is 2.60. The van der Waals surface area contributed by atoms with Gasteiger partial charge in [-0.1, -0.05) is 0 Å². The quantitative estimate of drug-likeness (QED) is 0.815. The Kier molecular flexibility index (Phi) is 5.95. The van der Waals surface area contributed by atoms with Crippen molar-refractivity contribution in [1.82, 2.24) is 4.90 Å². The number of hydrogen-bond acceptors (Lipinski definition) is 4. The van der Waals surface area contributed by atoms with Gasteiger partial charge in [0.2, 0.25) is 0 Å². The third-order valence-electron chi connectivity index (χ3n) is 4.39. The summed E-state index contributed by atoms with van der Waals surface area (Å²) in [6.07, 6.45) is 0.617. The highest BCUT2D eigenvalue weighted by atomic mass is 19.1. The van der Waals surface area contributed by atoms with Crippen LogP contribution in [0, 0.1) is 11.6 Å². The molecule has 0 aliphatic carbocycles. The number of hydrogen-bond donors (Lipinski definition) is 1. The van der Waals surface area contributed by atoms with Gasteiger partial charge in [0.15, 0.2) is 0 Å². The molecule has 4 nitrogen and oxygen atoms in total. The van der Waals surface area contributed by atoms with Crippen molar-refractivity contribution < 1.29 is 23.4 Å². The average Bonchev–Trinajstić information content (AvgIpc) is 2.47. The molecule has 0 aromatic heterocycles. The maximum Gasteiger partial charge on any atom is 0.135 e. The third kappa shape index (κ3) is 4.19. The Morgan fingerprint density at radius 1 is 1.17 bits per heavy atom. The number of rotatable bonds is 6. The van der Waals surface area contributed by atoms with Crippen LogP contribution in [0.1, 0.15) is 32.3 Å². The average molecular weight is 329 g/mol. The van der Waals surface area contributed by atoms with Crippen molar-refractivity contribution in [2.45, 2.75) is 38.3 Å². The molecule has 0 radical (unpaired) electrons. The fraction of sp³-hybridized carbons (Fsp3) is 0.647. The molecule has 2 rings (SSSR count). The lowest BCUT2D eigenvalue weighted by Crippen LogP contribution is -2.46. The topological polar surface area (TPSA) is 41.9 Å². The number of halogens is 2. The summed E-state index contributed by atoms with van der Waals surface area (Å²) in [5, 5.41) is 10.7. The van der Waals surface area contributed by atoms with E-state index in [9.17, 15) is 13.9 Å². The van der Waals surface area contributed by atoms with Crippen molar-refractivity contribution in [3.63, 3.8) is 0 Å². The maximum absolute atomic E-state index is 14.4. The minimum atomic E-state index is -1.47. The Hall–Kier alpha value is -1.24. The van der Waals surface area contributed by atoms with Gasteiger partial charge in [0.1, 0.15) is 24.0 Å². The maximum atomic E-state index is 14.4. The van der Waals surface area contributed by atoms with E-state index < -0.39 is 17.2 Å². The predicted octanol–water partition coefficient (Wildman–Crippen LogP) is 2.68. The van der Waals surface area contributed by atoms with Crippen LogP contribution < -0.4 is 4.74 Å². The summed E-state index contributed by atoms with van der Waals surface area (Å²) in [5.74, 6) is -1.43. The zero-order valence-corrected chi connectivity index (χ0v) is 13.9. The lowest BCUT2D eigenvalue weighted by Gasteiger charge is -2.40. The number of likely N-dealkylation sites (tertiary alicyclic amines) is 1. The van der Waals surface area contributed by atoms with Crippen molar-refractivity contribution in [3.05, 3.63) is 29.3 Å². The molecule has 1 aliphatic rings. The molecule has 1 aliphatic heterocycles. The Bertz CT molecular complexity index is 506. The van der Waals surface area contributed by atoms with E-state index in [1.54, 1.807) is 0 Å². The molecule has 1 aromatic carbocycles. The van der Waals surface area contributed by atoms with Crippen LogP contribution in [0.2, 0.25) is 0 Å². The number of methoxy groups -OCH3 is 1. The highest BCUT2D eigenvalue weighted by Crippen LogP contribution is 2.37. The van der Waals surface area contributed by atoms with E-state index in [1.807, 2.05) is 0 Å². The smallest absolute Gasteiger partial charge is 0.135 e. The molecule has 6 heteroatoms. The molecular weight excluding hydrogens is 304 g/mol. The van der Waals surface area contributed by atoms with Crippen molar-refractivity contribution in [2.75, 3.05) is 33.4 Å². The number of nitrogens with zero attached hydrogens (tertiary/aromatic N) is 1. The molecule has 130 valence electrons. The second-order valence-electron chi connectivity index (χ2n) is 6.26. The van der Waals surface area contributed by atoms with Gasteiger partial charge in [-0.3, -0.25) is 0 Å².